The van der Waals surface area contributed by atoms with E-state index in [-0.39, 0.29) is 11.5 Å². The molecule has 156 valence electrons. The van der Waals surface area contributed by atoms with Crippen molar-refractivity contribution < 1.29 is 4.79 Å². The Morgan fingerprint density at radius 1 is 1.17 bits per heavy atom. The van der Waals surface area contributed by atoms with E-state index in [1.54, 1.807) is 18.2 Å². The van der Waals surface area contributed by atoms with Gasteiger partial charge in [-0.2, -0.15) is 0 Å². The number of likely N-dealkylation sites (tertiary alicyclic amines) is 1. The van der Waals surface area contributed by atoms with E-state index in [9.17, 15) is 9.59 Å². The fourth-order valence-electron chi connectivity index (χ4n) is 4.64. The second-order valence-corrected chi connectivity index (χ2v) is 8.52. The Morgan fingerprint density at radius 3 is 2.90 bits per heavy atom. The zero-order chi connectivity index (χ0) is 20.2. The van der Waals surface area contributed by atoms with Crippen LogP contribution in [-0.4, -0.2) is 46.0 Å². The summed E-state index contributed by atoms with van der Waals surface area (Å²) in [6.45, 7) is 5.91. The number of rotatable bonds is 5. The van der Waals surface area contributed by atoms with E-state index in [2.05, 4.69) is 17.1 Å². The molecule has 1 N–H and O–H groups in total. The van der Waals surface area contributed by atoms with Gasteiger partial charge in [-0.25, -0.2) is 4.98 Å². The lowest BCUT2D eigenvalue weighted by Crippen LogP contribution is -2.39. The molecule has 0 aliphatic carbocycles. The lowest BCUT2D eigenvalue weighted by atomic mass is 10.0. The van der Waals surface area contributed by atoms with Gasteiger partial charge >= 0.3 is 0 Å². The highest BCUT2D eigenvalue weighted by Gasteiger charge is 2.18. The molecule has 1 saturated heterocycles. The molecule has 1 aromatic carbocycles. The predicted molar refractivity (Wildman–Crippen MR) is 115 cm³/mol. The van der Waals surface area contributed by atoms with Crippen LogP contribution < -0.4 is 10.9 Å². The van der Waals surface area contributed by atoms with Crippen molar-refractivity contribution in [3.05, 3.63) is 39.9 Å². The van der Waals surface area contributed by atoms with Gasteiger partial charge in [0, 0.05) is 37.7 Å². The SMILES string of the molecule is C[C@H]1CCCCN1CCCNC(=O)c1ccc2c(=O)n3c(nc2c1)CCCCC3. The van der Waals surface area contributed by atoms with Crippen molar-refractivity contribution >= 4 is 16.8 Å². The summed E-state index contributed by atoms with van der Waals surface area (Å²) in [5.41, 5.74) is 1.24. The van der Waals surface area contributed by atoms with E-state index in [0.717, 1.165) is 51.0 Å². The highest BCUT2D eigenvalue weighted by Crippen LogP contribution is 2.17. The maximum Gasteiger partial charge on any atom is 0.261 e. The number of carbonyl (C=O) groups excluding carboxylic acids is 1. The van der Waals surface area contributed by atoms with Crippen molar-refractivity contribution in [2.24, 2.45) is 0 Å². The third-order valence-electron chi connectivity index (χ3n) is 6.43. The van der Waals surface area contributed by atoms with E-state index in [4.69, 9.17) is 4.98 Å². The Balaban J connectivity index is 1.41. The van der Waals surface area contributed by atoms with Gasteiger partial charge in [0.05, 0.1) is 10.9 Å². The first-order valence-corrected chi connectivity index (χ1v) is 11.2. The largest absolute Gasteiger partial charge is 0.352 e. The first-order chi connectivity index (χ1) is 14.1. The molecule has 0 saturated carbocycles. The zero-order valence-corrected chi connectivity index (χ0v) is 17.5. The van der Waals surface area contributed by atoms with Crippen LogP contribution in [0.3, 0.4) is 0 Å². The van der Waals surface area contributed by atoms with E-state index < -0.39 is 0 Å². The Hall–Kier alpha value is -2.21. The normalized spacial score (nSPS) is 20.2. The molecule has 2 aliphatic heterocycles. The number of hydrogen-bond donors (Lipinski definition) is 1. The summed E-state index contributed by atoms with van der Waals surface area (Å²) in [5, 5.41) is 3.63. The van der Waals surface area contributed by atoms with Crippen molar-refractivity contribution in [2.45, 2.75) is 70.9 Å². The minimum absolute atomic E-state index is 0.0227. The summed E-state index contributed by atoms with van der Waals surface area (Å²) < 4.78 is 1.82. The lowest BCUT2D eigenvalue weighted by Gasteiger charge is -2.33. The van der Waals surface area contributed by atoms with Crippen molar-refractivity contribution in [3.63, 3.8) is 0 Å². The molecule has 3 heterocycles. The Bertz CT molecular complexity index is 936. The number of amides is 1. The second-order valence-electron chi connectivity index (χ2n) is 8.52. The van der Waals surface area contributed by atoms with Gasteiger partial charge < -0.3 is 10.2 Å². The number of carbonyl (C=O) groups is 1. The number of nitrogens with one attached hydrogen (secondary N) is 1. The molecule has 6 nitrogen and oxygen atoms in total. The molecule has 1 fully saturated rings. The first-order valence-electron chi connectivity index (χ1n) is 11.2. The molecule has 1 aromatic heterocycles. The Labute approximate surface area is 172 Å². The second kappa shape index (κ2) is 9.08. The van der Waals surface area contributed by atoms with E-state index >= 15 is 0 Å². The van der Waals surface area contributed by atoms with Gasteiger partial charge in [0.1, 0.15) is 5.82 Å². The average Bonchev–Trinajstić information content (AvgIpc) is 2.97. The molecule has 0 spiro atoms. The standard InChI is InChI=1S/C23H32N4O2/c1-17-8-4-6-13-26(17)14-7-12-24-22(28)18-10-11-19-20(16-18)25-21-9-3-2-5-15-27(21)23(19)29/h10-11,16-17H,2-9,12-15H2,1H3,(H,24,28)/t17-/m0/s1. The zero-order valence-electron chi connectivity index (χ0n) is 17.5. The molecule has 2 aliphatic rings. The van der Waals surface area contributed by atoms with Gasteiger partial charge in [-0.05, 0) is 63.8 Å². The minimum Gasteiger partial charge on any atom is -0.352 e. The molecule has 0 unspecified atom stereocenters. The molecule has 1 amide bonds. The summed E-state index contributed by atoms with van der Waals surface area (Å²) in [6.07, 6.45) is 8.89. The van der Waals surface area contributed by atoms with Crippen LogP contribution in [0.15, 0.2) is 23.0 Å². The monoisotopic (exact) mass is 396 g/mol. The minimum atomic E-state index is -0.0876. The summed E-state index contributed by atoms with van der Waals surface area (Å²) in [5.74, 6) is 0.767. The molecule has 1 atom stereocenters. The van der Waals surface area contributed by atoms with Gasteiger partial charge in [0.25, 0.3) is 11.5 Å². The van der Waals surface area contributed by atoms with Crippen LogP contribution in [0, 0.1) is 0 Å². The van der Waals surface area contributed by atoms with Gasteiger partial charge in [-0.15, -0.1) is 0 Å². The van der Waals surface area contributed by atoms with Gasteiger partial charge in [-0.1, -0.05) is 12.8 Å². The predicted octanol–water partition coefficient (Wildman–Crippen LogP) is 3.12. The van der Waals surface area contributed by atoms with Gasteiger partial charge in [0.2, 0.25) is 0 Å². The van der Waals surface area contributed by atoms with Crippen LogP contribution in [0.1, 0.15) is 68.1 Å². The third kappa shape index (κ3) is 4.53. The summed E-state index contributed by atoms with van der Waals surface area (Å²) in [6, 6.07) is 5.93. The highest BCUT2D eigenvalue weighted by atomic mass is 16.1. The van der Waals surface area contributed by atoms with Crippen LogP contribution in [-0.2, 0) is 13.0 Å². The molecule has 4 rings (SSSR count). The lowest BCUT2D eigenvalue weighted by molar-refractivity contribution is 0.0949. The maximum absolute atomic E-state index is 12.8. The van der Waals surface area contributed by atoms with Crippen LogP contribution in [0.25, 0.3) is 10.9 Å². The van der Waals surface area contributed by atoms with Crippen LogP contribution in [0.5, 0.6) is 0 Å². The molecule has 0 bridgehead atoms. The maximum atomic E-state index is 12.8. The number of hydrogen-bond acceptors (Lipinski definition) is 4. The number of nitrogens with zero attached hydrogens (tertiary/aromatic N) is 3. The molecule has 0 radical (unpaired) electrons. The van der Waals surface area contributed by atoms with Crippen molar-refractivity contribution in [2.75, 3.05) is 19.6 Å². The molecule has 2 aromatic rings. The van der Waals surface area contributed by atoms with Crippen molar-refractivity contribution in [1.82, 2.24) is 19.8 Å². The van der Waals surface area contributed by atoms with Gasteiger partial charge in [-0.3, -0.25) is 14.2 Å². The Morgan fingerprint density at radius 2 is 2.03 bits per heavy atom. The first kappa shape index (κ1) is 20.1. The Kier molecular flexibility index (Phi) is 6.28. The molecule has 29 heavy (non-hydrogen) atoms. The van der Waals surface area contributed by atoms with Crippen LogP contribution in [0.2, 0.25) is 0 Å². The summed E-state index contributed by atoms with van der Waals surface area (Å²) in [7, 11) is 0. The average molecular weight is 397 g/mol. The number of aryl methyl sites for hydroxylation is 1. The fraction of sp³-hybridized carbons (Fsp3) is 0.609. The van der Waals surface area contributed by atoms with Gasteiger partial charge in [0.15, 0.2) is 0 Å². The fourth-order valence-corrected chi connectivity index (χ4v) is 4.64. The van der Waals surface area contributed by atoms with Crippen molar-refractivity contribution in [3.8, 4) is 0 Å². The number of benzene rings is 1. The third-order valence-corrected chi connectivity index (χ3v) is 6.43. The van der Waals surface area contributed by atoms with Crippen molar-refractivity contribution in [1.29, 1.82) is 0 Å². The van der Waals surface area contributed by atoms with Crippen LogP contribution in [0.4, 0.5) is 0 Å². The molecular formula is C23H32N4O2. The summed E-state index contributed by atoms with van der Waals surface area (Å²) >= 11 is 0. The quantitative estimate of drug-likeness (QED) is 0.789. The van der Waals surface area contributed by atoms with E-state index in [1.165, 1.54) is 25.8 Å². The number of aromatic nitrogens is 2. The van der Waals surface area contributed by atoms with Crippen LogP contribution >= 0.6 is 0 Å². The summed E-state index contributed by atoms with van der Waals surface area (Å²) in [4.78, 5) is 32.7. The number of fused-ring (bicyclic) bond motifs is 2. The van der Waals surface area contributed by atoms with E-state index in [1.807, 2.05) is 4.57 Å². The molecule has 6 heteroatoms. The highest BCUT2D eigenvalue weighted by molar-refractivity contribution is 5.97. The molecular weight excluding hydrogens is 364 g/mol. The smallest absolute Gasteiger partial charge is 0.261 e. The van der Waals surface area contributed by atoms with E-state index in [0.29, 0.717) is 29.1 Å². The number of piperidine rings is 1. The topological polar surface area (TPSA) is 67.2 Å².